The zero-order valence-electron chi connectivity index (χ0n) is 23.4. The Morgan fingerprint density at radius 2 is 1.39 bits per heavy atom. The van der Waals surface area contributed by atoms with Gasteiger partial charge in [0.05, 0.1) is 15.9 Å². The summed E-state index contributed by atoms with van der Waals surface area (Å²) in [5, 5.41) is 5.89. The molecule has 0 aliphatic rings. The van der Waals surface area contributed by atoms with Gasteiger partial charge in [-0.25, -0.2) is 4.98 Å². The lowest BCUT2D eigenvalue weighted by atomic mass is 9.85. The highest BCUT2D eigenvalue weighted by Crippen LogP contribution is 2.42. The molecule has 1 heterocycles. The number of benzene rings is 6. The van der Waals surface area contributed by atoms with Gasteiger partial charge < -0.3 is 0 Å². The van der Waals surface area contributed by atoms with Crippen LogP contribution >= 0.6 is 11.3 Å². The summed E-state index contributed by atoms with van der Waals surface area (Å²) in [4.78, 5) is 10.3. The predicted molar refractivity (Wildman–Crippen MR) is 178 cm³/mol. The Kier molecular flexibility index (Phi) is 6.25. The predicted octanol–water partition coefficient (Wildman–Crippen LogP) is 11.0. The van der Waals surface area contributed by atoms with Crippen LogP contribution in [0.1, 0.15) is 31.9 Å². The third-order valence-corrected chi connectivity index (χ3v) is 8.76. The molecule has 0 saturated heterocycles. The maximum Gasteiger partial charge on any atom is 0.126 e. The minimum Gasteiger partial charge on any atom is -0.256 e. The number of thiazole rings is 1. The lowest BCUT2D eigenvalue weighted by Crippen LogP contribution is -2.11. The van der Waals surface area contributed by atoms with Gasteiger partial charge >= 0.3 is 0 Å². The van der Waals surface area contributed by atoms with Crippen molar-refractivity contribution in [3.63, 3.8) is 0 Å². The van der Waals surface area contributed by atoms with Crippen LogP contribution < -0.4 is 0 Å². The Labute approximate surface area is 244 Å². The van der Waals surface area contributed by atoms with Crippen molar-refractivity contribution >= 4 is 55.0 Å². The normalized spacial score (nSPS) is 12.2. The molecule has 6 aromatic carbocycles. The fourth-order valence-electron chi connectivity index (χ4n) is 5.42. The van der Waals surface area contributed by atoms with Gasteiger partial charge in [0.15, 0.2) is 0 Å². The van der Waals surface area contributed by atoms with Crippen molar-refractivity contribution in [1.29, 1.82) is 0 Å². The van der Waals surface area contributed by atoms with Crippen LogP contribution in [0.2, 0.25) is 0 Å². The number of aliphatic imine (C=N–C) groups is 1. The molecule has 0 fully saturated rings. The Morgan fingerprint density at radius 3 is 2.24 bits per heavy atom. The molecule has 0 bridgehead atoms. The third-order valence-electron chi connectivity index (χ3n) is 7.72. The summed E-state index contributed by atoms with van der Waals surface area (Å²) in [5.41, 5.74) is 7.82. The molecular weight excluding hydrogens is 516 g/mol. The van der Waals surface area contributed by atoms with E-state index >= 15 is 0 Å². The van der Waals surface area contributed by atoms with Crippen molar-refractivity contribution in [2.24, 2.45) is 4.99 Å². The fourth-order valence-corrected chi connectivity index (χ4v) is 6.49. The molecule has 7 rings (SSSR count). The summed E-state index contributed by atoms with van der Waals surface area (Å²) in [6, 6.07) is 43.0. The van der Waals surface area contributed by atoms with Crippen LogP contribution in [0.4, 0.5) is 5.69 Å². The number of rotatable bonds is 4. The van der Waals surface area contributed by atoms with Crippen molar-refractivity contribution in [3.05, 3.63) is 132 Å². The largest absolute Gasteiger partial charge is 0.256 e. The standard InChI is InChI=1S/C38H30N2S/c1-38(2,3)30-22-33(28-20-19-25-11-4-5-13-27(25)21-28)36-35(23-30)41-37(40-36)32-17-8-9-18-34(32)39-24-29-15-10-14-26-12-6-7-16-31(26)29/h4-24H,1-3H3. The molecule has 2 nitrogen and oxygen atoms in total. The molecule has 0 N–H and O–H groups in total. The Hall–Kier alpha value is -4.60. The first kappa shape index (κ1) is 25.4. The van der Waals surface area contributed by atoms with Gasteiger partial charge in [0.25, 0.3) is 0 Å². The number of fused-ring (bicyclic) bond motifs is 3. The van der Waals surface area contributed by atoms with E-state index in [2.05, 4.69) is 136 Å². The van der Waals surface area contributed by atoms with Gasteiger partial charge in [-0.2, -0.15) is 0 Å². The van der Waals surface area contributed by atoms with E-state index in [4.69, 9.17) is 9.98 Å². The lowest BCUT2D eigenvalue weighted by molar-refractivity contribution is 0.591. The van der Waals surface area contributed by atoms with E-state index in [9.17, 15) is 0 Å². The lowest BCUT2D eigenvalue weighted by Gasteiger charge is -2.20. The molecule has 0 aliphatic heterocycles. The van der Waals surface area contributed by atoms with Gasteiger partial charge in [0, 0.05) is 22.9 Å². The van der Waals surface area contributed by atoms with E-state index in [1.165, 1.54) is 42.9 Å². The van der Waals surface area contributed by atoms with E-state index in [0.717, 1.165) is 27.3 Å². The number of hydrogen-bond acceptors (Lipinski definition) is 3. The first-order chi connectivity index (χ1) is 19.9. The molecule has 41 heavy (non-hydrogen) atoms. The smallest absolute Gasteiger partial charge is 0.126 e. The molecule has 0 saturated carbocycles. The zero-order valence-corrected chi connectivity index (χ0v) is 24.2. The molecule has 0 atom stereocenters. The van der Waals surface area contributed by atoms with Crippen molar-refractivity contribution in [2.75, 3.05) is 0 Å². The highest BCUT2D eigenvalue weighted by molar-refractivity contribution is 7.21. The molecule has 0 aliphatic carbocycles. The third kappa shape index (κ3) is 4.83. The van der Waals surface area contributed by atoms with Gasteiger partial charge in [-0.05, 0) is 68.4 Å². The van der Waals surface area contributed by atoms with Crippen molar-refractivity contribution in [1.82, 2.24) is 4.98 Å². The van der Waals surface area contributed by atoms with Crippen LogP contribution in [0, 0.1) is 0 Å². The van der Waals surface area contributed by atoms with Gasteiger partial charge in [-0.3, -0.25) is 4.99 Å². The van der Waals surface area contributed by atoms with E-state index in [1.807, 2.05) is 12.3 Å². The van der Waals surface area contributed by atoms with Crippen LogP contribution in [0.5, 0.6) is 0 Å². The topological polar surface area (TPSA) is 25.2 Å². The summed E-state index contributed by atoms with van der Waals surface area (Å²) in [7, 11) is 0. The van der Waals surface area contributed by atoms with Crippen molar-refractivity contribution in [2.45, 2.75) is 26.2 Å². The molecule has 1 aromatic heterocycles. The second-order valence-electron chi connectivity index (χ2n) is 11.5. The summed E-state index contributed by atoms with van der Waals surface area (Å²) in [5.74, 6) is 0. The second-order valence-corrected chi connectivity index (χ2v) is 12.6. The Morgan fingerprint density at radius 1 is 0.659 bits per heavy atom. The maximum atomic E-state index is 5.27. The molecule has 0 spiro atoms. The average Bonchev–Trinajstić information content (AvgIpc) is 3.43. The fraction of sp³-hybridized carbons (Fsp3) is 0.105. The highest BCUT2D eigenvalue weighted by Gasteiger charge is 2.20. The number of aromatic nitrogens is 1. The van der Waals surface area contributed by atoms with Crippen LogP contribution in [-0.2, 0) is 5.41 Å². The molecule has 198 valence electrons. The van der Waals surface area contributed by atoms with Crippen LogP contribution in [0.3, 0.4) is 0 Å². The SMILES string of the molecule is CC(C)(C)c1cc(-c2ccc3ccccc3c2)c2nc(-c3ccccc3N=Cc3cccc4ccccc34)sc2c1. The van der Waals surface area contributed by atoms with Crippen molar-refractivity contribution in [3.8, 4) is 21.7 Å². The van der Waals surface area contributed by atoms with Gasteiger partial charge in [0.2, 0.25) is 0 Å². The molecule has 0 radical (unpaired) electrons. The maximum absolute atomic E-state index is 5.27. The number of nitrogens with zero attached hydrogens (tertiary/aromatic N) is 2. The highest BCUT2D eigenvalue weighted by atomic mass is 32.1. The Bertz CT molecular complexity index is 2090. The molecule has 7 aromatic rings. The minimum absolute atomic E-state index is 0.0185. The average molecular weight is 547 g/mol. The van der Waals surface area contributed by atoms with Crippen molar-refractivity contribution < 1.29 is 0 Å². The molecule has 3 heteroatoms. The zero-order chi connectivity index (χ0) is 28.0. The van der Waals surface area contributed by atoms with Gasteiger partial charge in [-0.15, -0.1) is 11.3 Å². The van der Waals surface area contributed by atoms with Gasteiger partial charge in [-0.1, -0.05) is 112 Å². The summed E-state index contributed by atoms with van der Waals surface area (Å²) in [6.07, 6.45) is 1.98. The molecule has 0 amide bonds. The number of hydrogen-bond donors (Lipinski definition) is 0. The summed E-state index contributed by atoms with van der Waals surface area (Å²) >= 11 is 1.75. The van der Waals surface area contributed by atoms with E-state index in [-0.39, 0.29) is 5.41 Å². The second kappa shape index (κ2) is 10.1. The van der Waals surface area contributed by atoms with Gasteiger partial charge in [0.1, 0.15) is 5.01 Å². The Balaban J connectivity index is 1.37. The summed E-state index contributed by atoms with van der Waals surface area (Å²) in [6.45, 7) is 6.83. The van der Waals surface area contributed by atoms with Crippen LogP contribution in [0.25, 0.3) is 53.5 Å². The first-order valence-electron chi connectivity index (χ1n) is 14.0. The monoisotopic (exact) mass is 546 g/mol. The van der Waals surface area contributed by atoms with Crippen LogP contribution in [-0.4, -0.2) is 11.2 Å². The molecular formula is C38H30N2S. The first-order valence-corrected chi connectivity index (χ1v) is 14.8. The number of para-hydroxylation sites is 1. The van der Waals surface area contributed by atoms with E-state index in [1.54, 1.807) is 11.3 Å². The van der Waals surface area contributed by atoms with Crippen LogP contribution in [0.15, 0.2) is 126 Å². The molecule has 0 unspecified atom stereocenters. The van der Waals surface area contributed by atoms with E-state index < -0.39 is 0 Å². The summed E-state index contributed by atoms with van der Waals surface area (Å²) < 4.78 is 1.20. The minimum atomic E-state index is 0.0185. The van der Waals surface area contributed by atoms with E-state index in [0.29, 0.717) is 0 Å². The quantitative estimate of drug-likeness (QED) is 0.202.